The molecule has 0 radical (unpaired) electrons. The Kier molecular flexibility index (Phi) is 7.97. The summed E-state index contributed by atoms with van der Waals surface area (Å²) in [5.41, 5.74) is 1.60. The lowest BCUT2D eigenvalue weighted by Crippen LogP contribution is -2.61. The molecule has 9 heteroatoms. The number of carbonyl (C=O) groups excluding carboxylic acids is 1. The number of hydrogen-bond acceptors (Lipinski definition) is 6. The predicted octanol–water partition coefficient (Wildman–Crippen LogP) is 2.90. The summed E-state index contributed by atoms with van der Waals surface area (Å²) in [5.74, 6) is -0.164. The molecule has 3 heterocycles. The Bertz CT molecular complexity index is 1170. The molecular weight excluding hydrogens is 488 g/mol. The maximum atomic E-state index is 12.9. The summed E-state index contributed by atoms with van der Waals surface area (Å²) in [5, 5.41) is 14.1. The highest BCUT2D eigenvalue weighted by Crippen LogP contribution is 2.39. The summed E-state index contributed by atoms with van der Waals surface area (Å²) in [7, 11) is -3.49. The highest BCUT2D eigenvalue weighted by molar-refractivity contribution is 7.89. The van der Waals surface area contributed by atoms with Crippen molar-refractivity contribution >= 4 is 21.6 Å². The van der Waals surface area contributed by atoms with Gasteiger partial charge in [0.05, 0.1) is 17.5 Å². The number of nitrogens with zero attached hydrogens (tertiary/aromatic N) is 3. The van der Waals surface area contributed by atoms with E-state index in [9.17, 15) is 18.3 Å². The van der Waals surface area contributed by atoms with Gasteiger partial charge in [-0.05, 0) is 68.5 Å². The number of β-amino-alcohol motifs (C(OH)–C–C–N with tert-alkyl or cyclic N) is 1. The summed E-state index contributed by atoms with van der Waals surface area (Å²) in [6.45, 7) is 4.35. The Hall–Kier alpha value is -2.30. The van der Waals surface area contributed by atoms with Crippen LogP contribution in [0.3, 0.4) is 0 Å². The monoisotopic (exact) mass is 526 g/mol. The van der Waals surface area contributed by atoms with Crippen LogP contribution in [0.15, 0.2) is 59.5 Å². The van der Waals surface area contributed by atoms with Gasteiger partial charge in [-0.25, -0.2) is 8.42 Å². The van der Waals surface area contributed by atoms with Crippen molar-refractivity contribution < 1.29 is 18.3 Å². The van der Waals surface area contributed by atoms with Crippen LogP contribution in [-0.4, -0.2) is 84.4 Å². The number of amides is 1. The van der Waals surface area contributed by atoms with Gasteiger partial charge in [0.1, 0.15) is 0 Å². The summed E-state index contributed by atoms with van der Waals surface area (Å²) in [6.07, 6.45) is 5.23. The van der Waals surface area contributed by atoms with Crippen LogP contribution >= 0.6 is 0 Å². The molecule has 1 amide bonds. The molecule has 8 nitrogen and oxygen atoms in total. The third kappa shape index (κ3) is 5.76. The van der Waals surface area contributed by atoms with Crippen LogP contribution in [0.1, 0.15) is 44.1 Å². The van der Waals surface area contributed by atoms with Crippen molar-refractivity contribution in [1.29, 1.82) is 0 Å². The van der Waals surface area contributed by atoms with Crippen molar-refractivity contribution in [1.82, 2.24) is 14.1 Å². The van der Waals surface area contributed by atoms with Crippen LogP contribution in [0.2, 0.25) is 0 Å². The lowest BCUT2D eigenvalue weighted by atomic mass is 9.82. The number of aliphatic hydroxyl groups excluding tert-OH is 1. The Labute approximate surface area is 220 Å². The van der Waals surface area contributed by atoms with Crippen LogP contribution in [0, 0.1) is 0 Å². The minimum Gasteiger partial charge on any atom is -0.390 e. The Morgan fingerprint density at radius 2 is 1.65 bits per heavy atom. The minimum atomic E-state index is -3.49. The molecular formula is C28H38N4O4S. The fourth-order valence-electron chi connectivity index (χ4n) is 6.19. The maximum absolute atomic E-state index is 12.9. The smallest absolute Gasteiger partial charge is 0.243 e. The van der Waals surface area contributed by atoms with Gasteiger partial charge in [0.2, 0.25) is 15.9 Å². The summed E-state index contributed by atoms with van der Waals surface area (Å²) in [6, 6.07) is 16.8. The van der Waals surface area contributed by atoms with Crippen LogP contribution in [0.5, 0.6) is 0 Å². The number of rotatable bonds is 7. The van der Waals surface area contributed by atoms with Crippen LogP contribution in [0.25, 0.3) is 0 Å². The van der Waals surface area contributed by atoms with Gasteiger partial charge in [-0.2, -0.15) is 4.31 Å². The van der Waals surface area contributed by atoms with Crippen molar-refractivity contribution in [3.63, 3.8) is 0 Å². The standard InChI is InChI=1S/C28H38N4O4S/c33-26-21-30(19-15-28(26)14-7-16-31(28)20-23-8-3-1-4-9-23)22-27(34)29-24-10-12-25(13-11-24)37(35,36)32-17-5-2-6-18-32/h1,3-4,8-13,26,33H,2,5-7,14-22H2,(H,29,34)/t26-,28-/m0/s1. The van der Waals surface area contributed by atoms with Crippen LogP contribution < -0.4 is 5.32 Å². The van der Waals surface area contributed by atoms with Crippen molar-refractivity contribution in [2.45, 2.75) is 61.6 Å². The zero-order chi connectivity index (χ0) is 25.9. The second-order valence-corrected chi connectivity index (χ2v) is 12.6. The number of piperidine rings is 2. The molecule has 3 aliphatic rings. The van der Waals surface area contributed by atoms with Gasteiger partial charge in [0, 0.05) is 44.0 Å². The highest BCUT2D eigenvalue weighted by Gasteiger charge is 2.49. The predicted molar refractivity (Wildman–Crippen MR) is 144 cm³/mol. The fraction of sp³-hybridized carbons (Fsp3) is 0.536. The number of nitrogens with one attached hydrogen (secondary N) is 1. The van der Waals surface area contributed by atoms with Crippen molar-refractivity contribution in [3.8, 4) is 0 Å². The molecule has 2 N–H and O–H groups in total. The first kappa shape index (κ1) is 26.3. The van der Waals surface area contributed by atoms with E-state index in [2.05, 4.69) is 34.5 Å². The first-order valence-electron chi connectivity index (χ1n) is 13.5. The number of likely N-dealkylation sites (tertiary alicyclic amines) is 2. The quantitative estimate of drug-likeness (QED) is 0.576. The molecule has 200 valence electrons. The molecule has 37 heavy (non-hydrogen) atoms. The maximum Gasteiger partial charge on any atom is 0.243 e. The zero-order valence-electron chi connectivity index (χ0n) is 21.4. The summed E-state index contributed by atoms with van der Waals surface area (Å²) in [4.78, 5) is 17.5. The number of benzene rings is 2. The van der Waals surface area contributed by atoms with Gasteiger partial charge in [0.25, 0.3) is 0 Å². The van der Waals surface area contributed by atoms with E-state index in [-0.39, 0.29) is 22.9 Å². The summed E-state index contributed by atoms with van der Waals surface area (Å²) < 4.78 is 27.2. The topological polar surface area (TPSA) is 93.2 Å². The molecule has 0 aliphatic carbocycles. The molecule has 0 saturated carbocycles. The van der Waals surface area contributed by atoms with Crippen molar-refractivity contribution in [3.05, 3.63) is 60.2 Å². The number of carbonyl (C=O) groups is 1. The molecule has 0 bridgehead atoms. The van der Waals surface area contributed by atoms with Gasteiger partial charge >= 0.3 is 0 Å². The molecule has 3 saturated heterocycles. The molecule has 5 rings (SSSR count). The molecule has 3 aliphatic heterocycles. The third-order valence-corrected chi connectivity index (χ3v) is 10.2. The molecule has 2 aromatic carbocycles. The average Bonchev–Trinajstić information content (AvgIpc) is 3.30. The van der Waals surface area contributed by atoms with Gasteiger partial charge in [-0.3, -0.25) is 14.6 Å². The third-order valence-electron chi connectivity index (χ3n) is 8.25. The molecule has 3 fully saturated rings. The van der Waals surface area contributed by atoms with Gasteiger partial charge < -0.3 is 10.4 Å². The zero-order valence-corrected chi connectivity index (χ0v) is 22.2. The Morgan fingerprint density at radius 3 is 2.35 bits per heavy atom. The van der Waals surface area contributed by atoms with Gasteiger partial charge in [-0.15, -0.1) is 0 Å². The van der Waals surface area contributed by atoms with Gasteiger partial charge in [0.15, 0.2) is 0 Å². The van der Waals surface area contributed by atoms with E-state index in [1.807, 2.05) is 11.0 Å². The lowest BCUT2D eigenvalue weighted by Gasteiger charge is -2.48. The first-order chi connectivity index (χ1) is 17.9. The van der Waals surface area contributed by atoms with Gasteiger partial charge in [-0.1, -0.05) is 36.8 Å². The van der Waals surface area contributed by atoms with E-state index < -0.39 is 16.1 Å². The number of aliphatic hydroxyl groups is 1. The Morgan fingerprint density at radius 1 is 0.919 bits per heavy atom. The first-order valence-corrected chi connectivity index (χ1v) is 14.9. The van der Waals surface area contributed by atoms with Crippen LogP contribution in [-0.2, 0) is 21.4 Å². The van der Waals surface area contributed by atoms with Crippen LogP contribution in [0.4, 0.5) is 5.69 Å². The Balaban J connectivity index is 1.15. The second kappa shape index (κ2) is 11.2. The minimum absolute atomic E-state index is 0.164. The molecule has 0 aromatic heterocycles. The van der Waals surface area contributed by atoms with E-state index in [1.165, 1.54) is 5.56 Å². The largest absolute Gasteiger partial charge is 0.390 e. The van der Waals surface area contributed by atoms with E-state index in [0.717, 1.165) is 58.2 Å². The normalized spacial score (nSPS) is 25.9. The number of sulfonamides is 1. The van der Waals surface area contributed by atoms with E-state index in [4.69, 9.17) is 0 Å². The van der Waals surface area contributed by atoms with Crippen molar-refractivity contribution in [2.24, 2.45) is 0 Å². The average molecular weight is 527 g/mol. The lowest BCUT2D eigenvalue weighted by molar-refractivity contribution is -0.120. The SMILES string of the molecule is O=C(CN1CC[C@@]2(CCCN2Cc2ccccc2)[C@@H](O)C1)Nc1ccc(S(=O)(=O)N2CCCCC2)cc1. The second-order valence-electron chi connectivity index (χ2n) is 10.7. The molecule has 0 unspecified atom stereocenters. The number of hydrogen-bond donors (Lipinski definition) is 2. The number of anilines is 1. The van der Waals surface area contributed by atoms with E-state index in [1.54, 1.807) is 28.6 Å². The summed E-state index contributed by atoms with van der Waals surface area (Å²) >= 11 is 0. The molecule has 2 atom stereocenters. The van der Waals surface area contributed by atoms with Crippen molar-refractivity contribution in [2.75, 3.05) is 44.6 Å². The fourth-order valence-corrected chi connectivity index (χ4v) is 7.71. The van der Waals surface area contributed by atoms with E-state index >= 15 is 0 Å². The van der Waals surface area contributed by atoms with E-state index in [0.29, 0.717) is 25.3 Å². The molecule has 2 aromatic rings. The highest BCUT2D eigenvalue weighted by atomic mass is 32.2. The molecule has 1 spiro atoms.